The summed E-state index contributed by atoms with van der Waals surface area (Å²) >= 11 is 3.57. The molecule has 23 heavy (non-hydrogen) atoms. The third-order valence-corrected chi connectivity index (χ3v) is 4.52. The number of guanidine groups is 1. The number of carbonyl (C=O) groups is 1. The van der Waals surface area contributed by atoms with Crippen LogP contribution in [0, 0.1) is 0 Å². The molecule has 5 nitrogen and oxygen atoms in total. The zero-order valence-corrected chi connectivity index (χ0v) is 18.0. The Labute approximate surface area is 164 Å². The SMILES string of the molecule is CSCCCCNC(=NCC(=O)N(C)C)NCc1cccs1.I. The summed E-state index contributed by atoms with van der Waals surface area (Å²) in [5.41, 5.74) is 0. The topological polar surface area (TPSA) is 56.7 Å². The Balaban J connectivity index is 0.00000484. The summed E-state index contributed by atoms with van der Waals surface area (Å²) < 4.78 is 0. The Morgan fingerprint density at radius 3 is 2.74 bits per heavy atom. The smallest absolute Gasteiger partial charge is 0.243 e. The van der Waals surface area contributed by atoms with E-state index < -0.39 is 0 Å². The van der Waals surface area contributed by atoms with Crippen LogP contribution in [-0.4, -0.2) is 56.0 Å². The summed E-state index contributed by atoms with van der Waals surface area (Å²) in [5, 5.41) is 8.63. The van der Waals surface area contributed by atoms with Crippen LogP contribution in [0.15, 0.2) is 22.5 Å². The first-order chi connectivity index (χ1) is 10.6. The lowest BCUT2D eigenvalue weighted by Gasteiger charge is -2.13. The van der Waals surface area contributed by atoms with Crippen LogP contribution in [0.4, 0.5) is 0 Å². The van der Waals surface area contributed by atoms with Gasteiger partial charge < -0.3 is 15.5 Å². The van der Waals surface area contributed by atoms with E-state index in [1.165, 1.54) is 17.1 Å². The number of unbranched alkanes of at least 4 members (excludes halogenated alkanes) is 1. The molecule has 1 aromatic rings. The zero-order chi connectivity index (χ0) is 16.2. The molecule has 0 aliphatic rings. The molecule has 0 bridgehead atoms. The quantitative estimate of drug-likeness (QED) is 0.252. The van der Waals surface area contributed by atoms with Crippen molar-refractivity contribution in [3.63, 3.8) is 0 Å². The number of hydrogen-bond donors (Lipinski definition) is 2. The number of thioether (sulfide) groups is 1. The predicted octanol–water partition coefficient (Wildman–Crippen LogP) is 2.63. The summed E-state index contributed by atoms with van der Waals surface area (Å²) in [4.78, 5) is 18.8. The second-order valence-corrected chi connectivity index (χ2v) is 7.03. The van der Waals surface area contributed by atoms with E-state index in [1.54, 1.807) is 30.3 Å². The maximum absolute atomic E-state index is 11.7. The van der Waals surface area contributed by atoms with Crippen LogP contribution < -0.4 is 10.6 Å². The molecular formula is C15H27IN4OS2. The highest BCUT2D eigenvalue weighted by atomic mass is 127. The minimum Gasteiger partial charge on any atom is -0.356 e. The molecule has 0 aromatic carbocycles. The van der Waals surface area contributed by atoms with Gasteiger partial charge >= 0.3 is 0 Å². The fourth-order valence-electron chi connectivity index (χ4n) is 1.62. The third-order valence-electron chi connectivity index (χ3n) is 2.95. The maximum atomic E-state index is 11.7. The number of likely N-dealkylation sites (N-methyl/N-ethyl adjacent to an activating group) is 1. The van der Waals surface area contributed by atoms with Gasteiger partial charge in [0.2, 0.25) is 5.91 Å². The highest BCUT2D eigenvalue weighted by molar-refractivity contribution is 14.0. The van der Waals surface area contributed by atoms with Gasteiger partial charge in [0, 0.05) is 25.5 Å². The first-order valence-corrected chi connectivity index (χ1v) is 9.64. The van der Waals surface area contributed by atoms with Crippen molar-refractivity contribution in [3.8, 4) is 0 Å². The van der Waals surface area contributed by atoms with Crippen molar-refractivity contribution in [3.05, 3.63) is 22.4 Å². The number of rotatable bonds is 9. The molecule has 0 unspecified atom stereocenters. The number of amides is 1. The average Bonchev–Trinajstić information content (AvgIpc) is 3.01. The molecule has 2 N–H and O–H groups in total. The van der Waals surface area contributed by atoms with Gasteiger partial charge in [-0.2, -0.15) is 11.8 Å². The molecular weight excluding hydrogens is 443 g/mol. The molecule has 0 fully saturated rings. The second kappa shape index (κ2) is 13.9. The van der Waals surface area contributed by atoms with Gasteiger partial charge in [0.05, 0.1) is 6.54 Å². The standard InChI is InChI=1S/C15H26N4OS2.HI/c1-19(2)14(20)12-18-15(16-8-4-5-9-21-3)17-11-13-7-6-10-22-13;/h6-7,10H,4-5,8-9,11-12H2,1-3H3,(H2,16,17,18);1H. The largest absolute Gasteiger partial charge is 0.356 e. The third kappa shape index (κ3) is 10.8. The van der Waals surface area contributed by atoms with E-state index >= 15 is 0 Å². The van der Waals surface area contributed by atoms with Gasteiger partial charge in [-0.15, -0.1) is 35.3 Å². The van der Waals surface area contributed by atoms with Crippen molar-refractivity contribution in [2.75, 3.05) is 39.2 Å². The van der Waals surface area contributed by atoms with Crippen LogP contribution in [0.3, 0.4) is 0 Å². The lowest BCUT2D eigenvalue weighted by Crippen LogP contribution is -2.38. The number of halogens is 1. The normalized spacial score (nSPS) is 10.8. The van der Waals surface area contributed by atoms with Crippen molar-refractivity contribution in [2.24, 2.45) is 4.99 Å². The van der Waals surface area contributed by atoms with E-state index in [0.717, 1.165) is 19.5 Å². The number of thiophene rings is 1. The average molecular weight is 470 g/mol. The zero-order valence-electron chi connectivity index (χ0n) is 14.0. The fourth-order valence-corrected chi connectivity index (χ4v) is 2.76. The Morgan fingerprint density at radius 2 is 2.13 bits per heavy atom. The van der Waals surface area contributed by atoms with Crippen LogP contribution in [0.2, 0.25) is 0 Å². The Hall–Kier alpha value is -0.480. The van der Waals surface area contributed by atoms with Crippen LogP contribution >= 0.6 is 47.1 Å². The molecule has 1 rings (SSSR count). The molecule has 1 heterocycles. The van der Waals surface area contributed by atoms with Gasteiger partial charge in [-0.05, 0) is 36.3 Å². The summed E-state index contributed by atoms with van der Waals surface area (Å²) in [6.45, 7) is 1.76. The molecule has 0 aliphatic heterocycles. The summed E-state index contributed by atoms with van der Waals surface area (Å²) in [5.74, 6) is 1.88. The number of carbonyl (C=O) groups excluding carboxylic acids is 1. The molecule has 0 radical (unpaired) electrons. The molecule has 8 heteroatoms. The van der Waals surface area contributed by atoms with Gasteiger partial charge in [0.25, 0.3) is 0 Å². The van der Waals surface area contributed by atoms with E-state index in [-0.39, 0.29) is 36.4 Å². The minimum atomic E-state index is -0.000364. The Bertz CT molecular complexity index is 452. The lowest BCUT2D eigenvalue weighted by atomic mass is 10.3. The highest BCUT2D eigenvalue weighted by Gasteiger charge is 2.04. The van der Waals surface area contributed by atoms with E-state index in [2.05, 4.69) is 33.3 Å². The molecule has 132 valence electrons. The van der Waals surface area contributed by atoms with Crippen LogP contribution in [0.25, 0.3) is 0 Å². The highest BCUT2D eigenvalue weighted by Crippen LogP contribution is 2.07. The van der Waals surface area contributed by atoms with Crippen molar-refractivity contribution in [1.82, 2.24) is 15.5 Å². The van der Waals surface area contributed by atoms with Gasteiger partial charge in [-0.3, -0.25) is 4.79 Å². The summed E-state index contributed by atoms with van der Waals surface area (Å²) in [7, 11) is 3.49. The number of hydrogen-bond acceptors (Lipinski definition) is 4. The van der Waals surface area contributed by atoms with Crippen molar-refractivity contribution < 1.29 is 4.79 Å². The Morgan fingerprint density at radius 1 is 1.35 bits per heavy atom. The number of aliphatic imine (C=N–C) groups is 1. The van der Waals surface area contributed by atoms with Gasteiger partial charge in [0.1, 0.15) is 6.54 Å². The molecule has 1 amide bonds. The van der Waals surface area contributed by atoms with Gasteiger partial charge in [-0.1, -0.05) is 6.07 Å². The number of nitrogens with zero attached hydrogens (tertiary/aromatic N) is 2. The molecule has 0 atom stereocenters. The molecule has 0 aliphatic carbocycles. The molecule has 0 saturated carbocycles. The van der Waals surface area contributed by atoms with E-state index in [4.69, 9.17) is 0 Å². The predicted molar refractivity (Wildman–Crippen MR) is 113 cm³/mol. The van der Waals surface area contributed by atoms with Gasteiger partial charge in [-0.25, -0.2) is 4.99 Å². The lowest BCUT2D eigenvalue weighted by molar-refractivity contribution is -0.127. The monoisotopic (exact) mass is 470 g/mol. The summed E-state index contributed by atoms with van der Waals surface area (Å²) in [6, 6.07) is 4.11. The van der Waals surface area contributed by atoms with Crippen molar-refractivity contribution in [1.29, 1.82) is 0 Å². The van der Waals surface area contributed by atoms with Crippen molar-refractivity contribution >= 4 is 58.9 Å². The second-order valence-electron chi connectivity index (χ2n) is 5.01. The first-order valence-electron chi connectivity index (χ1n) is 7.37. The van der Waals surface area contributed by atoms with Crippen LogP contribution in [-0.2, 0) is 11.3 Å². The van der Waals surface area contributed by atoms with E-state index in [9.17, 15) is 4.79 Å². The van der Waals surface area contributed by atoms with Gasteiger partial charge in [0.15, 0.2) is 5.96 Å². The van der Waals surface area contributed by atoms with Crippen molar-refractivity contribution in [2.45, 2.75) is 19.4 Å². The summed E-state index contributed by atoms with van der Waals surface area (Å²) in [6.07, 6.45) is 4.40. The molecule has 0 spiro atoms. The van der Waals surface area contributed by atoms with Crippen LogP contribution in [0.1, 0.15) is 17.7 Å². The number of nitrogens with one attached hydrogen (secondary N) is 2. The minimum absolute atomic E-state index is 0. The first kappa shape index (κ1) is 22.5. The maximum Gasteiger partial charge on any atom is 0.243 e. The van der Waals surface area contributed by atoms with E-state index in [1.807, 2.05) is 17.8 Å². The van der Waals surface area contributed by atoms with Crippen LogP contribution in [0.5, 0.6) is 0 Å². The fraction of sp³-hybridized carbons (Fsp3) is 0.600. The molecule has 1 aromatic heterocycles. The van der Waals surface area contributed by atoms with E-state index in [0.29, 0.717) is 5.96 Å². The Kier molecular flexibility index (Phi) is 13.6. The molecule has 0 saturated heterocycles.